The van der Waals surface area contributed by atoms with E-state index in [0.717, 1.165) is 18.2 Å². The highest BCUT2D eigenvalue weighted by Crippen LogP contribution is 2.49. The lowest BCUT2D eigenvalue weighted by Crippen LogP contribution is -2.09. The quantitative estimate of drug-likeness (QED) is 0.216. The number of nitriles is 1. The number of hydrogen-bond acceptors (Lipinski definition) is 9. The van der Waals surface area contributed by atoms with Gasteiger partial charge in [-0.3, -0.25) is 14.7 Å². The molecule has 0 saturated heterocycles. The first-order chi connectivity index (χ1) is 11.8. The summed E-state index contributed by atoms with van der Waals surface area (Å²) in [4.78, 5) is 26.4. The third-order valence-electron chi connectivity index (χ3n) is 2.56. The van der Waals surface area contributed by atoms with Crippen molar-refractivity contribution in [2.45, 2.75) is 13.8 Å². The molecule has 0 N–H and O–H groups in total. The highest BCUT2D eigenvalue weighted by Gasteiger charge is 2.33. The van der Waals surface area contributed by atoms with Gasteiger partial charge < -0.3 is 13.9 Å². The predicted octanol–water partition coefficient (Wildman–Crippen LogP) is 3.51. The molecule has 0 heterocycles. The van der Waals surface area contributed by atoms with Gasteiger partial charge in [-0.25, -0.2) is 4.79 Å². The van der Waals surface area contributed by atoms with Crippen molar-refractivity contribution < 1.29 is 28.2 Å². The molecule has 134 valence electrons. The van der Waals surface area contributed by atoms with Gasteiger partial charge in [-0.1, -0.05) is 16.8 Å². The molecule has 10 nitrogen and oxygen atoms in total. The maximum atomic E-state index is 12.4. The van der Waals surface area contributed by atoms with Gasteiger partial charge in [-0.05, 0) is 19.9 Å². The molecule has 0 aliphatic carbocycles. The van der Waals surface area contributed by atoms with Crippen molar-refractivity contribution in [3.8, 4) is 6.07 Å². The number of rotatable bonds is 8. The smallest absolute Gasteiger partial charge is 0.311 e. The van der Waals surface area contributed by atoms with Gasteiger partial charge in [0.1, 0.15) is 6.07 Å². The second-order valence-corrected chi connectivity index (χ2v) is 6.50. The number of non-ortho nitro benzene ring substituents is 1. The van der Waals surface area contributed by atoms with E-state index in [0.29, 0.717) is 0 Å². The van der Waals surface area contributed by atoms with E-state index in [9.17, 15) is 19.5 Å². The molecule has 0 unspecified atom stereocenters. The molecule has 12 heteroatoms. The van der Waals surface area contributed by atoms with Crippen molar-refractivity contribution in [1.82, 2.24) is 0 Å². The zero-order chi connectivity index (χ0) is 19.0. The summed E-state index contributed by atoms with van der Waals surface area (Å²) >= 11 is 5.78. The fourth-order valence-electron chi connectivity index (χ4n) is 1.55. The highest BCUT2D eigenvalue weighted by atomic mass is 35.5. The number of benzene rings is 1. The van der Waals surface area contributed by atoms with Gasteiger partial charge in [-0.2, -0.15) is 5.26 Å². The highest BCUT2D eigenvalue weighted by molar-refractivity contribution is 7.73. The monoisotopic (exact) mass is 389 g/mol. The first-order valence-electron chi connectivity index (χ1n) is 6.82. The van der Waals surface area contributed by atoms with E-state index in [1.54, 1.807) is 0 Å². The van der Waals surface area contributed by atoms with Crippen molar-refractivity contribution >= 4 is 36.3 Å². The lowest BCUT2D eigenvalue weighted by Gasteiger charge is -2.13. The summed E-state index contributed by atoms with van der Waals surface area (Å²) in [5.74, 6) is -1.10. The minimum Gasteiger partial charge on any atom is -0.311 e. The minimum atomic E-state index is -4.02. The van der Waals surface area contributed by atoms with E-state index < -0.39 is 23.9 Å². The SMILES string of the molecule is CCOP(=O)(OCC)/C(C#N)=N/OC(=O)c1ccc([N+](=O)[O-])cc1Cl. The molecule has 0 fully saturated rings. The van der Waals surface area contributed by atoms with Crippen LogP contribution in [-0.2, 0) is 18.5 Å². The van der Waals surface area contributed by atoms with Crippen LogP contribution in [0.25, 0.3) is 0 Å². The van der Waals surface area contributed by atoms with E-state index in [2.05, 4.69) is 9.99 Å². The zero-order valence-corrected chi connectivity index (χ0v) is 14.8. The van der Waals surface area contributed by atoms with Gasteiger partial charge in [0.25, 0.3) is 11.1 Å². The Hall–Kier alpha value is -2.31. The van der Waals surface area contributed by atoms with Gasteiger partial charge in [0.05, 0.1) is 28.7 Å². The number of carbonyl (C=O) groups is 1. The Morgan fingerprint density at radius 1 is 1.40 bits per heavy atom. The minimum absolute atomic E-state index is 0.0277. The molecule has 0 spiro atoms. The van der Waals surface area contributed by atoms with Crippen LogP contribution >= 0.6 is 19.2 Å². The largest absolute Gasteiger partial charge is 0.393 e. The van der Waals surface area contributed by atoms with Crippen LogP contribution in [0.5, 0.6) is 0 Å². The molecule has 1 rings (SSSR count). The molecule has 0 bridgehead atoms. The number of nitrogens with zero attached hydrogens (tertiary/aromatic N) is 3. The number of halogens is 1. The number of hydrogen-bond donors (Lipinski definition) is 0. The Kier molecular flexibility index (Phi) is 7.67. The summed E-state index contributed by atoms with van der Waals surface area (Å²) in [6.45, 7) is 3.01. The summed E-state index contributed by atoms with van der Waals surface area (Å²) in [5, 5.41) is 22.7. The average Bonchev–Trinajstić information content (AvgIpc) is 2.55. The van der Waals surface area contributed by atoms with Crippen molar-refractivity contribution in [1.29, 1.82) is 5.26 Å². The fourth-order valence-corrected chi connectivity index (χ4v) is 3.06. The Morgan fingerprint density at radius 2 is 2.00 bits per heavy atom. The molecule has 0 aromatic heterocycles. The summed E-state index contributed by atoms with van der Waals surface area (Å²) in [5.41, 5.74) is -1.29. The topological polar surface area (TPSA) is 141 Å². The van der Waals surface area contributed by atoms with E-state index >= 15 is 0 Å². The van der Waals surface area contributed by atoms with Gasteiger partial charge in [0, 0.05) is 12.1 Å². The lowest BCUT2D eigenvalue weighted by molar-refractivity contribution is -0.384. The molecule has 1 aromatic carbocycles. The molecule has 0 atom stereocenters. The third-order valence-corrected chi connectivity index (χ3v) is 4.77. The molecule has 0 amide bonds. The summed E-state index contributed by atoms with van der Waals surface area (Å²) in [7, 11) is -4.02. The second kappa shape index (κ2) is 9.25. The van der Waals surface area contributed by atoms with Gasteiger partial charge in [0.2, 0.25) is 0 Å². The van der Waals surface area contributed by atoms with E-state index in [-0.39, 0.29) is 29.5 Å². The fraction of sp³-hybridized carbons (Fsp3) is 0.308. The summed E-state index contributed by atoms with van der Waals surface area (Å²) < 4.78 is 22.2. The standard InChI is InChI=1S/C13H13ClN3O7P/c1-3-22-25(21,23-4-2)12(8-15)16-24-13(18)10-6-5-9(17(19)20)7-11(10)14/h5-7H,3-4H2,1-2H3/b16-12+. The van der Waals surface area contributed by atoms with Gasteiger partial charge >= 0.3 is 13.6 Å². The Balaban J connectivity index is 3.06. The Labute approximate surface area is 147 Å². The maximum absolute atomic E-state index is 12.4. The Bertz CT molecular complexity index is 780. The number of nitro benzene ring substituents is 1. The van der Waals surface area contributed by atoms with Crippen molar-refractivity contribution in [2.75, 3.05) is 13.2 Å². The second-order valence-electron chi connectivity index (χ2n) is 4.16. The van der Waals surface area contributed by atoms with Crippen LogP contribution in [0.4, 0.5) is 5.69 Å². The third kappa shape index (κ3) is 5.34. The van der Waals surface area contributed by atoms with Gasteiger partial charge in [-0.15, -0.1) is 0 Å². The van der Waals surface area contributed by atoms with Crippen LogP contribution in [0.15, 0.2) is 23.4 Å². The van der Waals surface area contributed by atoms with E-state index in [1.807, 2.05) is 0 Å². The zero-order valence-electron chi connectivity index (χ0n) is 13.2. The predicted molar refractivity (Wildman–Crippen MR) is 87.4 cm³/mol. The molecular formula is C13H13ClN3O7P. The first kappa shape index (κ1) is 20.7. The number of nitro groups is 1. The van der Waals surface area contributed by atoms with E-state index in [4.69, 9.17) is 25.9 Å². The van der Waals surface area contributed by atoms with Crippen molar-refractivity contribution in [3.63, 3.8) is 0 Å². The van der Waals surface area contributed by atoms with Crippen LogP contribution in [-0.4, -0.2) is 29.6 Å². The molecular weight excluding hydrogens is 377 g/mol. The van der Waals surface area contributed by atoms with Crippen LogP contribution in [0.1, 0.15) is 24.2 Å². The molecule has 25 heavy (non-hydrogen) atoms. The van der Waals surface area contributed by atoms with Crippen LogP contribution in [0.3, 0.4) is 0 Å². The maximum Gasteiger partial charge on any atom is 0.393 e. The normalized spacial score (nSPS) is 11.7. The average molecular weight is 390 g/mol. The summed E-state index contributed by atoms with van der Waals surface area (Å²) in [6, 6.07) is 4.56. The molecule has 0 aliphatic rings. The molecule has 0 radical (unpaired) electrons. The number of oxime groups is 1. The van der Waals surface area contributed by atoms with Gasteiger partial charge in [0.15, 0.2) is 0 Å². The van der Waals surface area contributed by atoms with E-state index in [1.165, 1.54) is 19.9 Å². The number of carbonyl (C=O) groups excluding carboxylic acids is 1. The van der Waals surface area contributed by atoms with Crippen LogP contribution < -0.4 is 0 Å². The van der Waals surface area contributed by atoms with Crippen LogP contribution in [0.2, 0.25) is 5.02 Å². The molecule has 0 aliphatic heterocycles. The van der Waals surface area contributed by atoms with Crippen LogP contribution in [0, 0.1) is 21.4 Å². The summed E-state index contributed by atoms with van der Waals surface area (Å²) in [6.07, 6.45) is 0. The van der Waals surface area contributed by atoms with Crippen molar-refractivity contribution in [3.05, 3.63) is 38.9 Å². The van der Waals surface area contributed by atoms with Crippen molar-refractivity contribution in [2.24, 2.45) is 5.16 Å². The first-order valence-corrected chi connectivity index (χ1v) is 8.74. The molecule has 0 saturated carbocycles. The lowest BCUT2D eigenvalue weighted by atomic mass is 10.2. The Morgan fingerprint density at radius 3 is 2.44 bits per heavy atom. The molecule has 1 aromatic rings.